The molecular weight excluding hydrogens is 280 g/mol. The van der Waals surface area contributed by atoms with E-state index in [0.29, 0.717) is 12.4 Å². The fourth-order valence-electron chi connectivity index (χ4n) is 1.96. The van der Waals surface area contributed by atoms with Crippen LogP contribution in [0.1, 0.15) is 6.92 Å². The van der Waals surface area contributed by atoms with Crippen LogP contribution in [0.3, 0.4) is 0 Å². The van der Waals surface area contributed by atoms with E-state index in [1.165, 1.54) is 13.3 Å². The van der Waals surface area contributed by atoms with Crippen LogP contribution in [0.2, 0.25) is 0 Å². The summed E-state index contributed by atoms with van der Waals surface area (Å²) in [4.78, 5) is 21.4. The van der Waals surface area contributed by atoms with Gasteiger partial charge in [-0.1, -0.05) is 6.92 Å². The third kappa shape index (κ3) is 3.24. The quantitative estimate of drug-likeness (QED) is 0.809. The number of hydrogen-bond acceptors (Lipinski definition) is 5. The first-order chi connectivity index (χ1) is 9.92. The largest absolute Gasteiger partial charge is 0.469 e. The summed E-state index contributed by atoms with van der Waals surface area (Å²) >= 11 is 0. The first kappa shape index (κ1) is 15.1. The Hall–Kier alpha value is -2.31. The lowest BCUT2D eigenvalue weighted by Gasteiger charge is -2.21. The molecule has 0 unspecified atom stereocenters. The van der Waals surface area contributed by atoms with Gasteiger partial charge in [0.05, 0.1) is 30.3 Å². The van der Waals surface area contributed by atoms with Gasteiger partial charge < -0.3 is 9.64 Å². The molecule has 5 nitrogen and oxygen atoms in total. The molecular formula is C14H15F2N3O2. The molecule has 1 aromatic heterocycles. The number of aromatic nitrogens is 2. The molecule has 1 heterocycles. The third-order valence-electron chi connectivity index (χ3n) is 3.11. The number of anilines is 1. The van der Waals surface area contributed by atoms with Crippen molar-refractivity contribution in [3.05, 3.63) is 30.0 Å². The van der Waals surface area contributed by atoms with Gasteiger partial charge in [-0.15, -0.1) is 0 Å². The number of hydrogen-bond donors (Lipinski definition) is 0. The topological polar surface area (TPSA) is 55.3 Å². The smallest absolute Gasteiger partial charge is 0.310 e. The zero-order valence-electron chi connectivity index (χ0n) is 11.9. The van der Waals surface area contributed by atoms with Gasteiger partial charge in [-0.3, -0.25) is 9.78 Å². The molecule has 0 aliphatic heterocycles. The summed E-state index contributed by atoms with van der Waals surface area (Å²) < 4.78 is 31.0. The summed E-state index contributed by atoms with van der Waals surface area (Å²) in [6.07, 6.45) is 1.45. The van der Waals surface area contributed by atoms with Crippen molar-refractivity contribution in [2.75, 3.05) is 25.6 Å². The molecule has 0 aliphatic rings. The average molecular weight is 295 g/mol. The molecule has 7 heteroatoms. The summed E-state index contributed by atoms with van der Waals surface area (Å²) in [7, 11) is 3.06. The predicted molar refractivity (Wildman–Crippen MR) is 73.9 cm³/mol. The Labute approximate surface area is 120 Å². The number of rotatable bonds is 4. The number of fused-ring (bicyclic) bond motifs is 1. The van der Waals surface area contributed by atoms with Crippen LogP contribution in [0.4, 0.5) is 14.6 Å². The van der Waals surface area contributed by atoms with Crippen LogP contribution in [0.15, 0.2) is 18.3 Å². The summed E-state index contributed by atoms with van der Waals surface area (Å²) in [5.41, 5.74) is 0.524. The molecule has 0 spiro atoms. The highest BCUT2D eigenvalue weighted by Gasteiger charge is 2.17. The molecule has 0 bridgehead atoms. The third-order valence-corrected chi connectivity index (χ3v) is 3.11. The van der Waals surface area contributed by atoms with E-state index in [1.54, 1.807) is 18.9 Å². The number of carbonyl (C=O) groups is 1. The Morgan fingerprint density at radius 3 is 2.57 bits per heavy atom. The van der Waals surface area contributed by atoms with Crippen molar-refractivity contribution < 1.29 is 18.3 Å². The highest BCUT2D eigenvalue weighted by molar-refractivity contribution is 5.76. The second-order valence-electron chi connectivity index (χ2n) is 4.79. The Kier molecular flexibility index (Phi) is 4.30. The molecule has 0 saturated carbocycles. The molecule has 2 rings (SSSR count). The van der Waals surface area contributed by atoms with Crippen molar-refractivity contribution in [3.8, 4) is 0 Å². The van der Waals surface area contributed by atoms with Crippen LogP contribution in [-0.2, 0) is 9.53 Å². The van der Waals surface area contributed by atoms with Gasteiger partial charge in [0.15, 0.2) is 11.6 Å². The van der Waals surface area contributed by atoms with Gasteiger partial charge in [0.2, 0.25) is 0 Å². The monoisotopic (exact) mass is 295 g/mol. The van der Waals surface area contributed by atoms with Crippen molar-refractivity contribution in [3.63, 3.8) is 0 Å². The molecule has 21 heavy (non-hydrogen) atoms. The lowest BCUT2D eigenvalue weighted by molar-refractivity contribution is -0.144. The van der Waals surface area contributed by atoms with Gasteiger partial charge >= 0.3 is 5.97 Å². The van der Waals surface area contributed by atoms with Gasteiger partial charge in [-0.25, -0.2) is 13.8 Å². The van der Waals surface area contributed by atoms with Crippen LogP contribution < -0.4 is 4.90 Å². The predicted octanol–water partition coefficient (Wildman–Crippen LogP) is 2.15. The minimum Gasteiger partial charge on any atom is -0.469 e. The number of nitrogens with zero attached hydrogens (tertiary/aromatic N) is 3. The number of ether oxygens (including phenoxy) is 1. The first-order valence-electron chi connectivity index (χ1n) is 6.33. The van der Waals surface area contributed by atoms with E-state index in [2.05, 4.69) is 14.7 Å². The highest BCUT2D eigenvalue weighted by Crippen LogP contribution is 2.18. The molecule has 112 valence electrons. The van der Waals surface area contributed by atoms with Crippen molar-refractivity contribution in [2.24, 2.45) is 5.92 Å². The lowest BCUT2D eigenvalue weighted by atomic mass is 10.2. The average Bonchev–Trinajstić information content (AvgIpc) is 2.46. The van der Waals surface area contributed by atoms with E-state index in [1.807, 2.05) is 0 Å². The SMILES string of the molecule is COC(=O)[C@H](C)CN(C)c1cnc2cc(F)c(F)cc2n1. The second-order valence-corrected chi connectivity index (χ2v) is 4.79. The Morgan fingerprint density at radius 1 is 1.33 bits per heavy atom. The lowest BCUT2D eigenvalue weighted by Crippen LogP contribution is -2.29. The number of halogens is 2. The summed E-state index contributed by atoms with van der Waals surface area (Å²) in [5, 5.41) is 0. The summed E-state index contributed by atoms with van der Waals surface area (Å²) in [6, 6.07) is 2.00. The molecule has 2 aromatic rings. The van der Waals surface area contributed by atoms with E-state index >= 15 is 0 Å². The van der Waals surface area contributed by atoms with Gasteiger partial charge in [0.25, 0.3) is 0 Å². The van der Waals surface area contributed by atoms with E-state index < -0.39 is 11.6 Å². The van der Waals surface area contributed by atoms with Crippen LogP contribution >= 0.6 is 0 Å². The molecule has 0 aliphatic carbocycles. The molecule has 0 N–H and O–H groups in total. The van der Waals surface area contributed by atoms with Crippen LogP contribution in [-0.4, -0.2) is 36.6 Å². The molecule has 0 radical (unpaired) electrons. The maximum absolute atomic E-state index is 13.2. The maximum Gasteiger partial charge on any atom is 0.310 e. The second kappa shape index (κ2) is 5.99. The minimum absolute atomic E-state index is 0.254. The van der Waals surface area contributed by atoms with Gasteiger partial charge in [0, 0.05) is 25.7 Å². The standard InChI is InChI=1S/C14H15F2N3O2/c1-8(14(20)21-3)7-19(2)13-6-17-11-4-9(15)10(16)5-12(11)18-13/h4-6,8H,7H2,1-3H3/t8-/m1/s1. The van der Waals surface area contributed by atoms with Crippen molar-refractivity contribution >= 4 is 22.8 Å². The van der Waals surface area contributed by atoms with Gasteiger partial charge in [0.1, 0.15) is 5.82 Å². The van der Waals surface area contributed by atoms with E-state index in [-0.39, 0.29) is 22.9 Å². The fraction of sp³-hybridized carbons (Fsp3) is 0.357. The van der Waals surface area contributed by atoms with Crippen molar-refractivity contribution in [2.45, 2.75) is 6.92 Å². The van der Waals surface area contributed by atoms with Gasteiger partial charge in [-0.05, 0) is 0 Å². The Balaban J connectivity index is 2.26. The zero-order valence-corrected chi connectivity index (χ0v) is 11.9. The molecule has 0 saturated heterocycles. The summed E-state index contributed by atoms with van der Waals surface area (Å²) in [6.45, 7) is 2.10. The van der Waals surface area contributed by atoms with Crippen LogP contribution in [0, 0.1) is 17.6 Å². The normalized spacial score (nSPS) is 12.2. The van der Waals surface area contributed by atoms with E-state index in [9.17, 15) is 13.6 Å². The molecule has 1 aromatic carbocycles. The molecule has 1 atom stereocenters. The number of esters is 1. The highest BCUT2D eigenvalue weighted by atomic mass is 19.2. The van der Waals surface area contributed by atoms with Crippen molar-refractivity contribution in [1.82, 2.24) is 9.97 Å². The summed E-state index contributed by atoms with van der Waals surface area (Å²) in [5.74, 6) is -2.15. The maximum atomic E-state index is 13.2. The Morgan fingerprint density at radius 2 is 1.95 bits per heavy atom. The molecule has 0 amide bonds. The minimum atomic E-state index is -0.973. The number of carbonyl (C=O) groups excluding carboxylic acids is 1. The zero-order chi connectivity index (χ0) is 15.6. The number of methoxy groups -OCH3 is 1. The van der Waals surface area contributed by atoms with Crippen LogP contribution in [0.5, 0.6) is 0 Å². The molecule has 0 fully saturated rings. The fourth-order valence-corrected chi connectivity index (χ4v) is 1.96. The van der Waals surface area contributed by atoms with Gasteiger partial charge in [-0.2, -0.15) is 0 Å². The van der Waals surface area contributed by atoms with Crippen LogP contribution in [0.25, 0.3) is 11.0 Å². The first-order valence-corrected chi connectivity index (χ1v) is 6.33. The number of benzene rings is 1. The van der Waals surface area contributed by atoms with E-state index in [4.69, 9.17) is 0 Å². The van der Waals surface area contributed by atoms with E-state index in [0.717, 1.165) is 12.1 Å². The Bertz CT molecular complexity index is 679. The van der Waals surface area contributed by atoms with Crippen molar-refractivity contribution in [1.29, 1.82) is 0 Å².